The number of hydrogen-bond donors (Lipinski definition) is 1. The van der Waals surface area contributed by atoms with Crippen LogP contribution >= 0.6 is 0 Å². The molecule has 1 aliphatic rings. The molecule has 0 saturated heterocycles. The third kappa shape index (κ3) is 0.873. The molecule has 4 nitrogen and oxygen atoms in total. The Kier molecular flexibility index (Phi) is 1.49. The highest BCUT2D eigenvalue weighted by Gasteiger charge is 2.18. The summed E-state index contributed by atoms with van der Waals surface area (Å²) in [4.78, 5) is 6.54. The second kappa shape index (κ2) is 2.40. The van der Waals surface area contributed by atoms with Crippen molar-refractivity contribution in [3.63, 3.8) is 0 Å². The van der Waals surface area contributed by atoms with Gasteiger partial charge in [0.25, 0.3) is 0 Å². The number of nitrogens with two attached hydrogens (primary N) is 1. The molecular weight excluding hydrogens is 152 g/mol. The number of nitrogen functional groups attached to an aromatic ring is 1. The lowest BCUT2D eigenvalue weighted by molar-refractivity contribution is 0.584. The molecular formula is C8H14N4. The summed E-state index contributed by atoms with van der Waals surface area (Å²) in [5.74, 6) is 1.83. The maximum atomic E-state index is 5.86. The number of hydrogen-bond acceptors (Lipinski definition) is 3. The summed E-state index contributed by atoms with van der Waals surface area (Å²) in [7, 11) is 2.05. The van der Waals surface area contributed by atoms with Gasteiger partial charge in [-0.25, -0.2) is 4.98 Å². The molecule has 2 heterocycles. The lowest BCUT2D eigenvalue weighted by atomic mass is 10.3. The van der Waals surface area contributed by atoms with Crippen molar-refractivity contribution in [1.29, 1.82) is 0 Å². The van der Waals surface area contributed by atoms with Gasteiger partial charge in [0, 0.05) is 20.1 Å². The average Bonchev–Trinajstić information content (AvgIpc) is 2.32. The van der Waals surface area contributed by atoms with Crippen molar-refractivity contribution in [2.24, 2.45) is 0 Å². The van der Waals surface area contributed by atoms with Crippen molar-refractivity contribution < 1.29 is 0 Å². The fourth-order valence-electron chi connectivity index (χ4n) is 1.65. The SMILES string of the molecule is Cc1nc2n(c1N)CCCN2C. The minimum absolute atomic E-state index is 0.816. The highest BCUT2D eigenvalue weighted by molar-refractivity contribution is 5.48. The van der Waals surface area contributed by atoms with Crippen molar-refractivity contribution in [3.05, 3.63) is 5.69 Å². The molecule has 2 N–H and O–H groups in total. The third-order valence-corrected chi connectivity index (χ3v) is 2.39. The summed E-state index contributed by atoms with van der Waals surface area (Å²) >= 11 is 0. The molecule has 0 unspecified atom stereocenters. The van der Waals surface area contributed by atoms with E-state index in [0.29, 0.717) is 0 Å². The van der Waals surface area contributed by atoms with Crippen molar-refractivity contribution in [2.75, 3.05) is 24.2 Å². The van der Waals surface area contributed by atoms with Gasteiger partial charge in [-0.05, 0) is 13.3 Å². The van der Waals surface area contributed by atoms with Gasteiger partial charge in [-0.2, -0.15) is 0 Å². The molecule has 0 aliphatic carbocycles. The van der Waals surface area contributed by atoms with Gasteiger partial charge in [0.2, 0.25) is 5.95 Å². The first-order chi connectivity index (χ1) is 5.70. The molecule has 1 aromatic heterocycles. The first kappa shape index (κ1) is 7.46. The molecule has 0 spiro atoms. The fraction of sp³-hybridized carbons (Fsp3) is 0.625. The molecule has 0 amide bonds. The van der Waals surface area contributed by atoms with Gasteiger partial charge in [-0.15, -0.1) is 0 Å². The maximum absolute atomic E-state index is 5.86. The van der Waals surface area contributed by atoms with Crippen molar-refractivity contribution in [2.45, 2.75) is 19.9 Å². The van der Waals surface area contributed by atoms with Gasteiger partial charge in [-0.1, -0.05) is 0 Å². The quantitative estimate of drug-likeness (QED) is 0.614. The van der Waals surface area contributed by atoms with Gasteiger partial charge in [0.05, 0.1) is 5.69 Å². The van der Waals surface area contributed by atoms with Crippen molar-refractivity contribution >= 4 is 11.8 Å². The van der Waals surface area contributed by atoms with E-state index in [1.165, 1.54) is 0 Å². The number of anilines is 2. The Morgan fingerprint density at radius 3 is 2.83 bits per heavy atom. The summed E-state index contributed by atoms with van der Waals surface area (Å²) in [5, 5.41) is 0. The van der Waals surface area contributed by atoms with Crippen LogP contribution in [0.15, 0.2) is 0 Å². The molecule has 0 saturated carbocycles. The van der Waals surface area contributed by atoms with Crippen LogP contribution in [-0.4, -0.2) is 23.1 Å². The first-order valence-corrected chi connectivity index (χ1v) is 4.24. The Bertz CT molecular complexity index is 302. The third-order valence-electron chi connectivity index (χ3n) is 2.39. The Morgan fingerprint density at radius 2 is 2.17 bits per heavy atom. The zero-order valence-corrected chi connectivity index (χ0v) is 7.54. The average molecular weight is 166 g/mol. The molecule has 1 aromatic rings. The molecule has 1 aliphatic heterocycles. The first-order valence-electron chi connectivity index (χ1n) is 4.24. The summed E-state index contributed by atoms with van der Waals surface area (Å²) in [5.41, 5.74) is 6.80. The molecule has 66 valence electrons. The van der Waals surface area contributed by atoms with Crippen LogP contribution in [-0.2, 0) is 6.54 Å². The van der Waals surface area contributed by atoms with E-state index >= 15 is 0 Å². The number of fused-ring (bicyclic) bond motifs is 1. The molecule has 0 radical (unpaired) electrons. The molecule has 0 aromatic carbocycles. The number of aryl methyl sites for hydroxylation is 1. The number of imidazole rings is 1. The van der Waals surface area contributed by atoms with E-state index in [-0.39, 0.29) is 0 Å². The van der Waals surface area contributed by atoms with Gasteiger partial charge in [-0.3, -0.25) is 4.57 Å². The monoisotopic (exact) mass is 166 g/mol. The molecule has 0 bridgehead atoms. The standard InChI is InChI=1S/C8H14N4/c1-6-7(9)12-5-3-4-11(2)8(12)10-6/h3-5,9H2,1-2H3. The zero-order chi connectivity index (χ0) is 8.72. The summed E-state index contributed by atoms with van der Waals surface area (Å²) in [6.45, 7) is 4.04. The van der Waals surface area contributed by atoms with Crippen molar-refractivity contribution in [3.8, 4) is 0 Å². The van der Waals surface area contributed by atoms with Gasteiger partial charge >= 0.3 is 0 Å². The highest BCUT2D eigenvalue weighted by atomic mass is 15.3. The van der Waals surface area contributed by atoms with E-state index in [1.807, 2.05) is 6.92 Å². The lowest BCUT2D eigenvalue weighted by Crippen LogP contribution is -2.28. The van der Waals surface area contributed by atoms with Crippen LogP contribution in [0.2, 0.25) is 0 Å². The van der Waals surface area contributed by atoms with E-state index in [4.69, 9.17) is 5.73 Å². The zero-order valence-electron chi connectivity index (χ0n) is 7.54. The number of aromatic nitrogens is 2. The van der Waals surface area contributed by atoms with Crippen LogP contribution in [0, 0.1) is 6.92 Å². The van der Waals surface area contributed by atoms with Crippen LogP contribution in [0.1, 0.15) is 12.1 Å². The Morgan fingerprint density at radius 1 is 1.42 bits per heavy atom. The second-order valence-electron chi connectivity index (χ2n) is 3.31. The second-order valence-corrected chi connectivity index (χ2v) is 3.31. The van der Waals surface area contributed by atoms with Crippen LogP contribution in [0.3, 0.4) is 0 Å². The number of nitrogens with zero attached hydrogens (tertiary/aromatic N) is 3. The van der Waals surface area contributed by atoms with E-state index in [0.717, 1.165) is 37.0 Å². The minimum atomic E-state index is 0.816. The predicted molar refractivity (Wildman–Crippen MR) is 49.3 cm³/mol. The largest absolute Gasteiger partial charge is 0.384 e. The normalized spacial score (nSPS) is 16.3. The highest BCUT2D eigenvalue weighted by Crippen LogP contribution is 2.24. The van der Waals surface area contributed by atoms with Gasteiger partial charge < -0.3 is 10.6 Å². The number of rotatable bonds is 0. The fourth-order valence-corrected chi connectivity index (χ4v) is 1.65. The van der Waals surface area contributed by atoms with Crippen molar-refractivity contribution in [1.82, 2.24) is 9.55 Å². The molecule has 2 rings (SSSR count). The van der Waals surface area contributed by atoms with Crippen LogP contribution in [0.4, 0.5) is 11.8 Å². The molecule has 0 atom stereocenters. The summed E-state index contributed by atoms with van der Waals surface area (Å²) in [6, 6.07) is 0. The molecule has 4 heteroatoms. The Labute approximate surface area is 72.0 Å². The topological polar surface area (TPSA) is 47.1 Å². The van der Waals surface area contributed by atoms with E-state index in [2.05, 4.69) is 21.5 Å². The smallest absolute Gasteiger partial charge is 0.207 e. The Balaban J connectivity index is 2.52. The molecule has 12 heavy (non-hydrogen) atoms. The van der Waals surface area contributed by atoms with Crippen LogP contribution in [0.25, 0.3) is 0 Å². The lowest BCUT2D eigenvalue weighted by Gasteiger charge is -2.25. The summed E-state index contributed by atoms with van der Waals surface area (Å²) < 4.78 is 2.08. The molecule has 0 fully saturated rings. The van der Waals surface area contributed by atoms with Crippen LogP contribution < -0.4 is 10.6 Å². The van der Waals surface area contributed by atoms with E-state index < -0.39 is 0 Å². The summed E-state index contributed by atoms with van der Waals surface area (Å²) in [6.07, 6.45) is 1.16. The van der Waals surface area contributed by atoms with E-state index in [1.54, 1.807) is 0 Å². The predicted octanol–water partition coefficient (Wildman–Crippen LogP) is 0.614. The van der Waals surface area contributed by atoms with E-state index in [9.17, 15) is 0 Å². The van der Waals surface area contributed by atoms with Crippen LogP contribution in [0.5, 0.6) is 0 Å². The maximum Gasteiger partial charge on any atom is 0.207 e. The Hall–Kier alpha value is -1.19. The van der Waals surface area contributed by atoms with Gasteiger partial charge in [0.1, 0.15) is 5.82 Å². The minimum Gasteiger partial charge on any atom is -0.384 e. The van der Waals surface area contributed by atoms with Gasteiger partial charge in [0.15, 0.2) is 0 Å².